The van der Waals surface area contributed by atoms with Crippen molar-refractivity contribution in [3.8, 4) is 0 Å². The van der Waals surface area contributed by atoms with Gasteiger partial charge in [0, 0.05) is 11.4 Å². The standard InChI is InChI=1S/C11H12ClF2NO2/c12-8-3-1-2-7(4-8)5-10(16)9(15)6-17-11(13)14/h1-4,9,11H,5-6,15H2. The van der Waals surface area contributed by atoms with E-state index in [1.54, 1.807) is 24.3 Å². The Hall–Kier alpha value is -1.04. The lowest BCUT2D eigenvalue weighted by atomic mass is 10.0. The molecule has 0 spiro atoms. The predicted octanol–water partition coefficient (Wildman–Crippen LogP) is 2.02. The number of alkyl halides is 2. The fourth-order valence-corrected chi connectivity index (χ4v) is 1.46. The summed E-state index contributed by atoms with van der Waals surface area (Å²) in [5.74, 6) is -0.368. The molecule has 94 valence electrons. The molecule has 0 saturated heterocycles. The topological polar surface area (TPSA) is 52.3 Å². The van der Waals surface area contributed by atoms with Crippen molar-refractivity contribution in [1.29, 1.82) is 0 Å². The molecule has 6 heteroatoms. The predicted molar refractivity (Wildman–Crippen MR) is 60.1 cm³/mol. The summed E-state index contributed by atoms with van der Waals surface area (Å²) >= 11 is 5.74. The molecule has 0 aliphatic heterocycles. The van der Waals surface area contributed by atoms with Crippen LogP contribution in [-0.4, -0.2) is 25.0 Å². The Morgan fingerprint density at radius 2 is 2.18 bits per heavy atom. The molecular weight excluding hydrogens is 252 g/mol. The molecule has 0 fully saturated rings. The number of hydrogen-bond donors (Lipinski definition) is 1. The molecule has 2 N–H and O–H groups in total. The van der Waals surface area contributed by atoms with E-state index >= 15 is 0 Å². The third-order valence-electron chi connectivity index (χ3n) is 2.08. The highest BCUT2D eigenvalue weighted by atomic mass is 35.5. The number of ether oxygens (including phenoxy) is 1. The summed E-state index contributed by atoms with van der Waals surface area (Å²) in [4.78, 5) is 11.5. The monoisotopic (exact) mass is 263 g/mol. The zero-order valence-corrected chi connectivity index (χ0v) is 9.66. The Morgan fingerprint density at radius 3 is 2.76 bits per heavy atom. The van der Waals surface area contributed by atoms with Gasteiger partial charge < -0.3 is 10.5 Å². The highest BCUT2D eigenvalue weighted by Crippen LogP contribution is 2.11. The zero-order valence-electron chi connectivity index (χ0n) is 8.91. The van der Waals surface area contributed by atoms with Gasteiger partial charge >= 0.3 is 6.61 Å². The number of benzene rings is 1. The van der Waals surface area contributed by atoms with E-state index in [1.807, 2.05) is 0 Å². The number of rotatable bonds is 6. The maximum Gasteiger partial charge on any atom is 0.345 e. The third kappa shape index (κ3) is 5.21. The number of halogens is 3. The van der Waals surface area contributed by atoms with E-state index < -0.39 is 19.3 Å². The van der Waals surface area contributed by atoms with Crippen LogP contribution in [-0.2, 0) is 16.0 Å². The van der Waals surface area contributed by atoms with Gasteiger partial charge in [0.2, 0.25) is 0 Å². The summed E-state index contributed by atoms with van der Waals surface area (Å²) in [7, 11) is 0. The minimum Gasteiger partial charge on any atom is -0.321 e. The van der Waals surface area contributed by atoms with Gasteiger partial charge in [0.05, 0.1) is 12.6 Å². The van der Waals surface area contributed by atoms with Gasteiger partial charge in [0.1, 0.15) is 0 Å². The Bertz CT molecular complexity index is 387. The van der Waals surface area contributed by atoms with Crippen molar-refractivity contribution in [3.63, 3.8) is 0 Å². The van der Waals surface area contributed by atoms with Crippen molar-refractivity contribution in [2.75, 3.05) is 6.61 Å². The van der Waals surface area contributed by atoms with E-state index in [1.165, 1.54) is 0 Å². The fraction of sp³-hybridized carbons (Fsp3) is 0.364. The molecular formula is C11H12ClF2NO2. The Balaban J connectivity index is 2.48. The number of nitrogens with two attached hydrogens (primary N) is 1. The van der Waals surface area contributed by atoms with Crippen LogP contribution in [0.15, 0.2) is 24.3 Å². The van der Waals surface area contributed by atoms with Crippen LogP contribution in [0.2, 0.25) is 5.02 Å². The number of carbonyl (C=O) groups excluding carboxylic acids is 1. The molecule has 1 aromatic rings. The minimum absolute atomic E-state index is 0.0499. The summed E-state index contributed by atoms with van der Waals surface area (Å²) < 4.78 is 27.4. The first-order valence-electron chi connectivity index (χ1n) is 4.91. The van der Waals surface area contributed by atoms with E-state index in [0.717, 1.165) is 0 Å². The second-order valence-electron chi connectivity index (χ2n) is 3.47. The summed E-state index contributed by atoms with van der Waals surface area (Å²) in [5, 5.41) is 0.507. The molecule has 0 heterocycles. The first kappa shape index (κ1) is 14.0. The Morgan fingerprint density at radius 1 is 1.47 bits per heavy atom. The van der Waals surface area contributed by atoms with Crippen molar-refractivity contribution in [2.24, 2.45) is 5.73 Å². The second-order valence-corrected chi connectivity index (χ2v) is 3.91. The maximum absolute atomic E-state index is 11.7. The van der Waals surface area contributed by atoms with Crippen LogP contribution >= 0.6 is 11.6 Å². The molecule has 1 atom stereocenters. The lowest BCUT2D eigenvalue weighted by Gasteiger charge is -2.10. The van der Waals surface area contributed by atoms with E-state index in [-0.39, 0.29) is 12.2 Å². The van der Waals surface area contributed by atoms with Gasteiger partial charge in [-0.25, -0.2) is 0 Å². The smallest absolute Gasteiger partial charge is 0.321 e. The summed E-state index contributed by atoms with van der Waals surface area (Å²) in [5.41, 5.74) is 6.10. The van der Waals surface area contributed by atoms with Gasteiger partial charge in [-0.05, 0) is 17.7 Å². The van der Waals surface area contributed by atoms with Crippen LogP contribution in [0.3, 0.4) is 0 Å². The second kappa shape index (κ2) is 6.64. The SMILES string of the molecule is NC(COC(F)F)C(=O)Cc1cccc(Cl)c1. The van der Waals surface area contributed by atoms with Crippen LogP contribution in [0.25, 0.3) is 0 Å². The highest BCUT2D eigenvalue weighted by Gasteiger charge is 2.16. The van der Waals surface area contributed by atoms with Crippen molar-refractivity contribution in [2.45, 2.75) is 19.1 Å². The van der Waals surface area contributed by atoms with E-state index in [4.69, 9.17) is 17.3 Å². The largest absolute Gasteiger partial charge is 0.345 e. The molecule has 1 rings (SSSR count). The molecule has 0 bridgehead atoms. The van der Waals surface area contributed by atoms with Crippen LogP contribution in [0.4, 0.5) is 8.78 Å². The lowest BCUT2D eigenvalue weighted by Crippen LogP contribution is -2.36. The summed E-state index contributed by atoms with van der Waals surface area (Å²) in [6.07, 6.45) is 0.0499. The average molecular weight is 264 g/mol. The average Bonchev–Trinajstić information content (AvgIpc) is 2.25. The van der Waals surface area contributed by atoms with Crippen molar-refractivity contribution in [1.82, 2.24) is 0 Å². The van der Waals surface area contributed by atoms with Crippen molar-refractivity contribution in [3.05, 3.63) is 34.9 Å². The van der Waals surface area contributed by atoms with Crippen molar-refractivity contribution >= 4 is 17.4 Å². The van der Waals surface area contributed by atoms with Crippen LogP contribution in [0.1, 0.15) is 5.56 Å². The van der Waals surface area contributed by atoms with Gasteiger partial charge in [0.15, 0.2) is 5.78 Å². The van der Waals surface area contributed by atoms with Gasteiger partial charge in [-0.2, -0.15) is 8.78 Å². The Kier molecular flexibility index (Phi) is 5.47. The first-order valence-corrected chi connectivity index (χ1v) is 5.29. The molecule has 0 saturated carbocycles. The molecule has 0 aliphatic carbocycles. The summed E-state index contributed by atoms with van der Waals surface area (Å²) in [6, 6.07) is 5.66. The minimum atomic E-state index is -2.92. The normalized spacial score (nSPS) is 12.8. The molecule has 1 unspecified atom stereocenters. The molecule has 0 amide bonds. The molecule has 1 aromatic carbocycles. The van der Waals surface area contributed by atoms with Gasteiger partial charge in [-0.1, -0.05) is 23.7 Å². The van der Waals surface area contributed by atoms with Gasteiger partial charge in [0.25, 0.3) is 0 Å². The fourth-order valence-electron chi connectivity index (χ4n) is 1.25. The number of Topliss-reactive ketones (excluding diaryl/α,β-unsaturated/α-hetero) is 1. The molecule has 3 nitrogen and oxygen atoms in total. The molecule has 0 radical (unpaired) electrons. The third-order valence-corrected chi connectivity index (χ3v) is 2.32. The maximum atomic E-state index is 11.7. The molecule has 0 aromatic heterocycles. The highest BCUT2D eigenvalue weighted by molar-refractivity contribution is 6.30. The van der Waals surface area contributed by atoms with Gasteiger partial charge in [-0.3, -0.25) is 4.79 Å². The van der Waals surface area contributed by atoms with Crippen LogP contribution < -0.4 is 5.73 Å². The van der Waals surface area contributed by atoms with Crippen LogP contribution in [0.5, 0.6) is 0 Å². The number of ketones is 1. The lowest BCUT2D eigenvalue weighted by molar-refractivity contribution is -0.140. The zero-order chi connectivity index (χ0) is 12.8. The molecule has 0 aliphatic rings. The van der Waals surface area contributed by atoms with Crippen molar-refractivity contribution < 1.29 is 18.3 Å². The first-order chi connectivity index (χ1) is 7.99. The quantitative estimate of drug-likeness (QED) is 0.854. The summed E-state index contributed by atoms with van der Waals surface area (Å²) in [6.45, 7) is -3.41. The molecule has 17 heavy (non-hydrogen) atoms. The van der Waals surface area contributed by atoms with E-state index in [0.29, 0.717) is 10.6 Å². The number of carbonyl (C=O) groups is 1. The van der Waals surface area contributed by atoms with E-state index in [9.17, 15) is 13.6 Å². The number of hydrogen-bond acceptors (Lipinski definition) is 3. The Labute approximate surface area is 103 Å². The van der Waals surface area contributed by atoms with Gasteiger partial charge in [-0.15, -0.1) is 0 Å². The van der Waals surface area contributed by atoms with E-state index in [2.05, 4.69) is 4.74 Å². The van der Waals surface area contributed by atoms with Crippen LogP contribution in [0, 0.1) is 0 Å².